The zero-order valence-corrected chi connectivity index (χ0v) is 9.27. The summed E-state index contributed by atoms with van der Waals surface area (Å²) in [7, 11) is 0. The molecule has 0 saturated carbocycles. The molecule has 0 radical (unpaired) electrons. The van der Waals surface area contributed by atoms with Crippen molar-refractivity contribution in [3.63, 3.8) is 0 Å². The molecule has 0 spiro atoms. The third-order valence-electron chi connectivity index (χ3n) is 1.53. The molecule has 2 nitrogen and oxygen atoms in total. The summed E-state index contributed by atoms with van der Waals surface area (Å²) in [6.45, 7) is 11.9. The largest absolute Gasteiger partial charge is 0.353 e. The van der Waals surface area contributed by atoms with E-state index < -0.39 is 0 Å². The van der Waals surface area contributed by atoms with Gasteiger partial charge in [0.2, 0.25) is 5.91 Å². The van der Waals surface area contributed by atoms with E-state index >= 15 is 0 Å². The van der Waals surface area contributed by atoms with Crippen LogP contribution in [0.15, 0.2) is 0 Å². The average molecular weight is 175 g/mol. The Bertz CT molecular complexity index is 115. The Hall–Kier alpha value is -0.530. The van der Waals surface area contributed by atoms with Crippen molar-refractivity contribution in [2.45, 2.75) is 54.0 Å². The van der Waals surface area contributed by atoms with Gasteiger partial charge in [-0.3, -0.25) is 4.79 Å². The minimum Gasteiger partial charge on any atom is -0.353 e. The lowest BCUT2D eigenvalue weighted by Gasteiger charge is -2.12. The average Bonchev–Trinajstić information content (AvgIpc) is 2.07. The molecule has 0 heterocycles. The summed E-state index contributed by atoms with van der Waals surface area (Å²) in [5, 5.41) is 2.89. The summed E-state index contributed by atoms with van der Waals surface area (Å²) >= 11 is 0. The molecule has 1 N–H and O–H groups in total. The van der Waals surface area contributed by atoms with Crippen LogP contribution in [0.5, 0.6) is 0 Å². The van der Waals surface area contributed by atoms with Gasteiger partial charge in [-0.25, -0.2) is 0 Å². The number of carbonyl (C=O) groups is 1. The molecule has 0 aliphatic carbocycles. The van der Waals surface area contributed by atoms with E-state index in [4.69, 9.17) is 0 Å². The van der Waals surface area contributed by atoms with Crippen molar-refractivity contribution >= 4 is 5.91 Å². The van der Waals surface area contributed by atoms with Crippen LogP contribution in [-0.2, 0) is 4.79 Å². The number of nitrogens with one attached hydrogen (secondary N) is 1. The maximum atomic E-state index is 11.0. The molecular weight excluding hydrogens is 150 g/mol. The van der Waals surface area contributed by atoms with Gasteiger partial charge in [0, 0.05) is 13.4 Å². The fourth-order valence-corrected chi connectivity index (χ4v) is 0.512. The highest BCUT2D eigenvalue weighted by Gasteiger charge is 2.08. The lowest BCUT2D eigenvalue weighted by atomic mass is 10.2. The lowest BCUT2D eigenvalue weighted by molar-refractivity contribution is -0.124. The van der Waals surface area contributed by atoms with E-state index in [2.05, 4.69) is 12.2 Å². The van der Waals surface area contributed by atoms with Crippen LogP contribution in [0, 0.1) is 5.92 Å². The third-order valence-corrected chi connectivity index (χ3v) is 1.53. The van der Waals surface area contributed by atoms with E-state index in [1.165, 1.54) is 0 Å². The van der Waals surface area contributed by atoms with Gasteiger partial charge in [0.15, 0.2) is 0 Å². The predicted molar refractivity (Wildman–Crippen MR) is 56.2 cm³/mol. The summed E-state index contributed by atoms with van der Waals surface area (Å²) in [6.07, 6.45) is 0.998. The van der Waals surface area contributed by atoms with Crippen molar-refractivity contribution < 1.29 is 6.22 Å². The number of hydrogen-bond donors (Lipinski definition) is 1. The summed E-state index contributed by atoms with van der Waals surface area (Å²) in [6, 6.07) is 0.315. The minimum absolute atomic E-state index is 0. The van der Waals surface area contributed by atoms with Gasteiger partial charge >= 0.3 is 0 Å². The molecule has 0 aliphatic rings. The van der Waals surface area contributed by atoms with Gasteiger partial charge in [-0.05, 0) is 13.3 Å². The molecule has 0 rings (SSSR count). The highest BCUT2D eigenvalue weighted by atomic mass is 16.1. The van der Waals surface area contributed by atoms with E-state index in [9.17, 15) is 4.79 Å². The topological polar surface area (TPSA) is 29.1 Å². The van der Waals surface area contributed by atoms with Gasteiger partial charge in [0.25, 0.3) is 0 Å². The van der Waals surface area contributed by atoms with Gasteiger partial charge in [-0.15, -0.1) is 0 Å². The Morgan fingerprint density at radius 2 is 1.75 bits per heavy atom. The van der Waals surface area contributed by atoms with Gasteiger partial charge in [0.05, 0.1) is 0 Å². The number of rotatable bonds is 3. The maximum absolute atomic E-state index is 11.0. The van der Waals surface area contributed by atoms with Gasteiger partial charge in [-0.1, -0.05) is 34.6 Å². The number of hydrogen-bond acceptors (Lipinski definition) is 1. The molecule has 0 bridgehead atoms. The Morgan fingerprint density at radius 3 is 2.00 bits per heavy atom. The molecule has 12 heavy (non-hydrogen) atoms. The summed E-state index contributed by atoms with van der Waals surface area (Å²) in [5.41, 5.74) is 0. The monoisotopic (exact) mass is 175 g/mol. The number of carbonyl (C=O) groups excluding carboxylic acids is 1. The quantitative estimate of drug-likeness (QED) is 0.702. The minimum atomic E-state index is 0. The second-order valence-electron chi connectivity index (χ2n) is 2.97. The van der Waals surface area contributed by atoms with Crippen LogP contribution in [0.1, 0.15) is 49.4 Å². The predicted octanol–water partition coefficient (Wildman–Crippen LogP) is 2.83. The fraction of sp³-hybridized carbons (Fsp3) is 0.900. The van der Waals surface area contributed by atoms with Gasteiger partial charge in [0.1, 0.15) is 0 Å². The summed E-state index contributed by atoms with van der Waals surface area (Å²) < 4.78 is 0. The molecule has 76 valence electrons. The molecule has 0 aromatic carbocycles. The molecule has 0 saturated heterocycles. The first-order valence-electron chi connectivity index (χ1n) is 4.88. The van der Waals surface area contributed by atoms with Gasteiger partial charge in [-0.2, -0.15) is 0 Å². The highest BCUT2D eigenvalue weighted by Crippen LogP contribution is 1.94. The van der Waals surface area contributed by atoms with Gasteiger partial charge < -0.3 is 5.32 Å². The van der Waals surface area contributed by atoms with E-state index in [1.54, 1.807) is 0 Å². The molecule has 1 amide bonds. The Morgan fingerprint density at radius 1 is 1.33 bits per heavy atom. The molecule has 0 aromatic heterocycles. The summed E-state index contributed by atoms with van der Waals surface area (Å²) in [5.74, 6) is 0.253. The molecule has 0 aromatic rings. The van der Waals surface area contributed by atoms with Crippen LogP contribution < -0.4 is 5.32 Å². The normalized spacial score (nSPS) is 11.6. The second-order valence-corrected chi connectivity index (χ2v) is 2.97. The first-order valence-corrected chi connectivity index (χ1v) is 4.88. The van der Waals surface area contributed by atoms with Crippen LogP contribution in [-0.4, -0.2) is 11.9 Å². The fourth-order valence-electron chi connectivity index (χ4n) is 0.512. The summed E-state index contributed by atoms with van der Waals surface area (Å²) in [4.78, 5) is 11.0. The first kappa shape index (κ1) is 14.0. The zero-order chi connectivity index (χ0) is 10.1. The third kappa shape index (κ3) is 7.58. The Kier molecular flexibility index (Phi) is 10.0. The van der Waals surface area contributed by atoms with Crippen LogP contribution in [0.4, 0.5) is 0 Å². The van der Waals surface area contributed by atoms with Crippen molar-refractivity contribution in [2.75, 3.05) is 0 Å². The first-order chi connectivity index (χ1) is 5.57. The highest BCUT2D eigenvalue weighted by molar-refractivity contribution is 5.78. The van der Waals surface area contributed by atoms with E-state index in [0.717, 1.165) is 6.42 Å². The smallest absolute Gasteiger partial charge is 0.222 e. The van der Waals surface area contributed by atoms with Crippen molar-refractivity contribution in [2.24, 2.45) is 5.92 Å². The number of amides is 1. The van der Waals surface area contributed by atoms with E-state index in [0.29, 0.717) is 6.04 Å². The molecule has 0 aliphatic heterocycles. The second kappa shape index (κ2) is 8.57. The van der Waals surface area contributed by atoms with E-state index in [-0.39, 0.29) is 13.3 Å². The van der Waals surface area contributed by atoms with Crippen LogP contribution in [0.3, 0.4) is 0 Å². The molecule has 1 unspecified atom stereocenters. The Labute approximate surface area is 78.2 Å². The molecular formula is C10H25NO. The van der Waals surface area contributed by atoms with Crippen molar-refractivity contribution in [1.82, 2.24) is 5.32 Å². The van der Waals surface area contributed by atoms with Crippen molar-refractivity contribution in [1.29, 1.82) is 0 Å². The van der Waals surface area contributed by atoms with Crippen molar-refractivity contribution in [3.05, 3.63) is 0 Å². The molecule has 1 atom stereocenters. The SMILES string of the molecule is CC.CCC(C)NC(=O)C(C)C.[HH]. The zero-order valence-electron chi connectivity index (χ0n) is 9.27. The van der Waals surface area contributed by atoms with Crippen molar-refractivity contribution in [3.8, 4) is 0 Å². The Balaban J connectivity index is -0.000000309. The van der Waals surface area contributed by atoms with Crippen LogP contribution in [0.2, 0.25) is 0 Å². The standard InChI is InChI=1S/C8H17NO.C2H6.H2/c1-5-7(4)9-8(10)6(2)3;1-2;/h6-7H,5H2,1-4H3,(H,9,10);1-2H3;1H. The maximum Gasteiger partial charge on any atom is 0.222 e. The lowest BCUT2D eigenvalue weighted by Crippen LogP contribution is -2.34. The molecule has 0 fully saturated rings. The molecule has 2 heteroatoms. The van der Waals surface area contributed by atoms with Crippen LogP contribution >= 0.6 is 0 Å². The van der Waals surface area contributed by atoms with E-state index in [1.807, 2.05) is 34.6 Å². The van der Waals surface area contributed by atoms with Crippen LogP contribution in [0.25, 0.3) is 0 Å².